The highest BCUT2D eigenvalue weighted by Gasteiger charge is 2.18. The Hall–Kier alpha value is -3.58. The Morgan fingerprint density at radius 3 is 2.44 bits per heavy atom. The number of hydrogen-bond donors (Lipinski definition) is 2. The summed E-state index contributed by atoms with van der Waals surface area (Å²) >= 11 is 0. The standard InChI is InChI=1S/C27H34N4O3/c1-5-30(6-2)17-16-28-27(33)23(29-26(32)22-13-9-11-15-25(22)34-4)18-20-19-31(7-3)24-14-10-8-12-21(20)24/h8-15,18-19H,5-7,16-17H2,1-4H3,(H,28,33)(H,29,32). The first-order valence-electron chi connectivity index (χ1n) is 11.8. The van der Waals surface area contributed by atoms with Gasteiger partial charge in [-0.2, -0.15) is 0 Å². The number of aromatic nitrogens is 1. The summed E-state index contributed by atoms with van der Waals surface area (Å²) in [7, 11) is 1.52. The lowest BCUT2D eigenvalue weighted by molar-refractivity contribution is -0.117. The number of amides is 2. The van der Waals surface area contributed by atoms with Crippen molar-refractivity contribution in [2.75, 3.05) is 33.3 Å². The Morgan fingerprint density at radius 1 is 1.03 bits per heavy atom. The van der Waals surface area contributed by atoms with Gasteiger partial charge in [0, 0.05) is 42.3 Å². The zero-order chi connectivity index (χ0) is 24.5. The SMILES string of the molecule is CCN(CC)CCNC(=O)C(=Cc1cn(CC)c2ccccc12)NC(=O)c1ccccc1OC. The molecule has 0 aliphatic rings. The molecule has 0 aliphatic carbocycles. The highest BCUT2D eigenvalue weighted by molar-refractivity contribution is 6.07. The van der Waals surface area contributed by atoms with Gasteiger partial charge in [0.2, 0.25) is 0 Å². The van der Waals surface area contributed by atoms with Crippen LogP contribution in [0.1, 0.15) is 36.7 Å². The second-order valence-corrected chi connectivity index (χ2v) is 7.88. The third kappa shape index (κ3) is 5.85. The van der Waals surface area contributed by atoms with Gasteiger partial charge in [-0.1, -0.05) is 44.2 Å². The van der Waals surface area contributed by atoms with E-state index in [2.05, 4.69) is 40.9 Å². The molecule has 0 aliphatic heterocycles. The highest BCUT2D eigenvalue weighted by atomic mass is 16.5. The Bertz CT molecular complexity index is 1160. The van der Waals surface area contributed by atoms with E-state index in [0.29, 0.717) is 17.9 Å². The lowest BCUT2D eigenvalue weighted by Gasteiger charge is -2.18. The largest absolute Gasteiger partial charge is 0.496 e. The zero-order valence-corrected chi connectivity index (χ0v) is 20.4. The molecule has 2 aromatic carbocycles. The van der Waals surface area contributed by atoms with E-state index in [1.807, 2.05) is 30.5 Å². The van der Waals surface area contributed by atoms with Crippen LogP contribution in [0.25, 0.3) is 17.0 Å². The molecule has 1 aromatic heterocycles. The van der Waals surface area contributed by atoms with Crippen LogP contribution in [0, 0.1) is 0 Å². The van der Waals surface area contributed by atoms with Crippen LogP contribution in [-0.2, 0) is 11.3 Å². The minimum Gasteiger partial charge on any atom is -0.496 e. The Kier molecular flexibility index (Phi) is 8.87. The molecule has 0 spiro atoms. The normalized spacial score (nSPS) is 11.6. The molecule has 0 fully saturated rings. The molecular formula is C27H34N4O3. The minimum atomic E-state index is -0.401. The van der Waals surface area contributed by atoms with Crippen LogP contribution in [0.4, 0.5) is 0 Å². The molecule has 0 saturated heterocycles. The van der Waals surface area contributed by atoms with Gasteiger partial charge in [0.25, 0.3) is 11.8 Å². The Labute approximate surface area is 201 Å². The summed E-state index contributed by atoms with van der Waals surface area (Å²) in [5.74, 6) is -0.283. The van der Waals surface area contributed by atoms with Gasteiger partial charge in [-0.25, -0.2) is 0 Å². The molecular weight excluding hydrogens is 428 g/mol. The number of methoxy groups -OCH3 is 1. The number of aryl methyl sites for hydroxylation is 1. The van der Waals surface area contributed by atoms with E-state index >= 15 is 0 Å². The van der Waals surface area contributed by atoms with Crippen molar-refractivity contribution in [2.45, 2.75) is 27.3 Å². The van der Waals surface area contributed by atoms with Crippen molar-refractivity contribution >= 4 is 28.8 Å². The number of likely N-dealkylation sites (N-methyl/N-ethyl adjacent to an activating group) is 1. The summed E-state index contributed by atoms with van der Waals surface area (Å²) in [5, 5.41) is 6.79. The molecule has 7 nitrogen and oxygen atoms in total. The smallest absolute Gasteiger partial charge is 0.267 e. The first kappa shape index (κ1) is 25.1. The third-order valence-electron chi connectivity index (χ3n) is 5.91. The average molecular weight is 463 g/mol. The number of benzene rings is 2. The third-order valence-corrected chi connectivity index (χ3v) is 5.91. The molecule has 0 saturated carbocycles. The Balaban J connectivity index is 1.93. The number of hydrogen-bond acceptors (Lipinski definition) is 4. The van der Waals surface area contributed by atoms with Crippen molar-refractivity contribution in [2.24, 2.45) is 0 Å². The first-order chi connectivity index (χ1) is 16.5. The van der Waals surface area contributed by atoms with Crippen molar-refractivity contribution in [3.63, 3.8) is 0 Å². The summed E-state index contributed by atoms with van der Waals surface area (Å²) in [6.45, 7) is 10.1. The molecule has 0 radical (unpaired) electrons. The van der Waals surface area contributed by atoms with E-state index in [1.165, 1.54) is 7.11 Å². The van der Waals surface area contributed by atoms with Crippen molar-refractivity contribution in [1.82, 2.24) is 20.1 Å². The second-order valence-electron chi connectivity index (χ2n) is 7.88. The number of fused-ring (bicyclic) bond motifs is 1. The number of ether oxygens (including phenoxy) is 1. The number of nitrogens with one attached hydrogen (secondary N) is 2. The van der Waals surface area contributed by atoms with Crippen molar-refractivity contribution in [1.29, 1.82) is 0 Å². The van der Waals surface area contributed by atoms with Crippen molar-refractivity contribution in [3.8, 4) is 5.75 Å². The molecule has 3 rings (SSSR count). The number of carbonyl (C=O) groups excluding carboxylic acids is 2. The zero-order valence-electron chi connectivity index (χ0n) is 20.4. The molecule has 0 atom stereocenters. The minimum absolute atomic E-state index is 0.189. The lowest BCUT2D eigenvalue weighted by Crippen LogP contribution is -2.39. The number of rotatable bonds is 11. The van der Waals surface area contributed by atoms with Gasteiger partial charge in [0.15, 0.2) is 0 Å². The summed E-state index contributed by atoms with van der Waals surface area (Å²) in [6, 6.07) is 15.0. The molecule has 0 unspecified atom stereocenters. The predicted octanol–water partition coefficient (Wildman–Crippen LogP) is 3.90. The first-order valence-corrected chi connectivity index (χ1v) is 11.8. The van der Waals surface area contributed by atoms with Gasteiger partial charge in [-0.3, -0.25) is 9.59 Å². The van der Waals surface area contributed by atoms with Gasteiger partial charge >= 0.3 is 0 Å². The fourth-order valence-corrected chi connectivity index (χ4v) is 3.95. The van der Waals surface area contributed by atoms with Crippen LogP contribution in [0.5, 0.6) is 5.75 Å². The number of para-hydroxylation sites is 2. The number of nitrogens with zero attached hydrogens (tertiary/aromatic N) is 2. The van der Waals surface area contributed by atoms with Gasteiger partial charge in [0.1, 0.15) is 11.4 Å². The van der Waals surface area contributed by atoms with E-state index in [4.69, 9.17) is 4.74 Å². The summed E-state index contributed by atoms with van der Waals surface area (Å²) in [5.41, 5.74) is 2.50. The monoisotopic (exact) mass is 462 g/mol. The van der Waals surface area contributed by atoms with Gasteiger partial charge in [0.05, 0.1) is 12.7 Å². The van der Waals surface area contributed by atoms with E-state index < -0.39 is 5.91 Å². The topological polar surface area (TPSA) is 75.6 Å². The molecule has 180 valence electrons. The van der Waals surface area contributed by atoms with Crippen LogP contribution < -0.4 is 15.4 Å². The van der Waals surface area contributed by atoms with Crippen LogP contribution in [0.3, 0.4) is 0 Å². The van der Waals surface area contributed by atoms with Crippen LogP contribution >= 0.6 is 0 Å². The van der Waals surface area contributed by atoms with Crippen molar-refractivity contribution in [3.05, 3.63) is 71.6 Å². The fourth-order valence-electron chi connectivity index (χ4n) is 3.95. The van der Waals surface area contributed by atoms with E-state index in [9.17, 15) is 9.59 Å². The van der Waals surface area contributed by atoms with Gasteiger partial charge in [-0.15, -0.1) is 0 Å². The van der Waals surface area contributed by atoms with E-state index in [1.54, 1.807) is 30.3 Å². The summed E-state index contributed by atoms with van der Waals surface area (Å²) in [6.07, 6.45) is 3.75. The molecule has 2 amide bonds. The molecule has 34 heavy (non-hydrogen) atoms. The quantitative estimate of drug-likeness (QED) is 0.424. The number of carbonyl (C=O) groups is 2. The van der Waals surface area contributed by atoms with Crippen LogP contribution in [0.2, 0.25) is 0 Å². The molecule has 0 bridgehead atoms. The molecule has 2 N–H and O–H groups in total. The average Bonchev–Trinajstić information content (AvgIpc) is 3.23. The highest BCUT2D eigenvalue weighted by Crippen LogP contribution is 2.24. The molecule has 3 aromatic rings. The van der Waals surface area contributed by atoms with Gasteiger partial charge < -0.3 is 24.8 Å². The predicted molar refractivity (Wildman–Crippen MR) is 137 cm³/mol. The van der Waals surface area contributed by atoms with Crippen LogP contribution in [0.15, 0.2) is 60.4 Å². The maximum absolute atomic E-state index is 13.2. The molecule has 7 heteroatoms. The van der Waals surface area contributed by atoms with E-state index in [0.717, 1.165) is 42.6 Å². The van der Waals surface area contributed by atoms with Gasteiger partial charge in [-0.05, 0) is 44.3 Å². The Morgan fingerprint density at radius 2 is 1.74 bits per heavy atom. The summed E-state index contributed by atoms with van der Waals surface area (Å²) in [4.78, 5) is 28.5. The van der Waals surface area contributed by atoms with Crippen LogP contribution in [-0.4, -0.2) is 54.6 Å². The molecule has 1 heterocycles. The van der Waals surface area contributed by atoms with Crippen molar-refractivity contribution < 1.29 is 14.3 Å². The lowest BCUT2D eigenvalue weighted by atomic mass is 10.1. The maximum atomic E-state index is 13.2. The second kappa shape index (κ2) is 12.0. The maximum Gasteiger partial charge on any atom is 0.267 e. The summed E-state index contributed by atoms with van der Waals surface area (Å²) < 4.78 is 7.45. The fraction of sp³-hybridized carbons (Fsp3) is 0.333. The van der Waals surface area contributed by atoms with E-state index in [-0.39, 0.29) is 11.6 Å².